The molecule has 4 nitrogen and oxygen atoms in total. The molecule has 106 valence electrons. The first-order valence-corrected chi connectivity index (χ1v) is 7.58. The summed E-state index contributed by atoms with van der Waals surface area (Å²) < 4.78 is 0. The molecule has 4 heteroatoms. The number of amides is 1. The van der Waals surface area contributed by atoms with Gasteiger partial charge in [-0.3, -0.25) is 9.59 Å². The lowest BCUT2D eigenvalue weighted by Crippen LogP contribution is -2.46. The minimum absolute atomic E-state index is 0.0336. The molecule has 1 N–H and O–H groups in total. The Hall–Kier alpha value is -1.06. The Balaban J connectivity index is 1.79. The van der Waals surface area contributed by atoms with Gasteiger partial charge in [0.2, 0.25) is 5.91 Å². The van der Waals surface area contributed by atoms with E-state index in [1.807, 2.05) is 4.90 Å². The molecule has 3 unspecified atom stereocenters. The zero-order valence-electron chi connectivity index (χ0n) is 11.6. The largest absolute Gasteiger partial charge is 0.481 e. The molecule has 1 aliphatic carbocycles. The molecule has 19 heavy (non-hydrogen) atoms. The van der Waals surface area contributed by atoms with Crippen LogP contribution in [0.2, 0.25) is 0 Å². The highest BCUT2D eigenvalue weighted by atomic mass is 16.4. The second-order valence-electron chi connectivity index (χ2n) is 6.81. The van der Waals surface area contributed by atoms with E-state index in [1.165, 1.54) is 6.42 Å². The van der Waals surface area contributed by atoms with E-state index in [0.29, 0.717) is 6.42 Å². The molecule has 2 bridgehead atoms. The summed E-state index contributed by atoms with van der Waals surface area (Å²) in [6.45, 7) is 2.09. The van der Waals surface area contributed by atoms with Crippen molar-refractivity contribution >= 4 is 11.9 Å². The van der Waals surface area contributed by atoms with E-state index in [4.69, 9.17) is 0 Å². The van der Waals surface area contributed by atoms with Crippen LogP contribution in [0.25, 0.3) is 0 Å². The van der Waals surface area contributed by atoms with E-state index < -0.39 is 5.97 Å². The summed E-state index contributed by atoms with van der Waals surface area (Å²) in [6.07, 6.45) is 7.98. The Morgan fingerprint density at radius 2 is 1.84 bits per heavy atom. The van der Waals surface area contributed by atoms with Gasteiger partial charge in [0.05, 0.1) is 5.92 Å². The number of hydrogen-bond donors (Lipinski definition) is 1. The molecule has 3 aliphatic rings. The van der Waals surface area contributed by atoms with Gasteiger partial charge in [-0.1, -0.05) is 26.2 Å². The fourth-order valence-corrected chi connectivity index (χ4v) is 4.43. The van der Waals surface area contributed by atoms with Gasteiger partial charge in [0.1, 0.15) is 0 Å². The normalized spacial score (nSPS) is 36.5. The molecule has 2 saturated heterocycles. The number of carbonyl (C=O) groups is 2. The zero-order chi connectivity index (χ0) is 13.6. The van der Waals surface area contributed by atoms with Gasteiger partial charge in [0.15, 0.2) is 0 Å². The lowest BCUT2D eigenvalue weighted by Gasteiger charge is -2.37. The number of carboxylic acids is 1. The standard InChI is InChI=1S/C15H23NO3/c1-15(7-3-2-4-8-15)14(19)16-10-5-6-12(16)11(9-10)13(17)18/h10-12H,2-9H2,1H3,(H,17,18). The predicted octanol–water partition coefficient (Wildman–Crippen LogP) is 2.42. The van der Waals surface area contributed by atoms with Gasteiger partial charge < -0.3 is 10.0 Å². The van der Waals surface area contributed by atoms with Crippen molar-refractivity contribution in [2.75, 3.05) is 0 Å². The highest BCUT2D eigenvalue weighted by Crippen LogP contribution is 2.46. The van der Waals surface area contributed by atoms with Gasteiger partial charge in [0, 0.05) is 17.5 Å². The summed E-state index contributed by atoms with van der Waals surface area (Å²) in [4.78, 5) is 26.1. The van der Waals surface area contributed by atoms with Crippen LogP contribution in [-0.2, 0) is 9.59 Å². The maximum Gasteiger partial charge on any atom is 0.308 e. The van der Waals surface area contributed by atoms with Crippen LogP contribution in [0.1, 0.15) is 58.3 Å². The van der Waals surface area contributed by atoms with Crippen LogP contribution in [-0.4, -0.2) is 34.0 Å². The molecule has 1 amide bonds. The van der Waals surface area contributed by atoms with E-state index in [2.05, 4.69) is 6.92 Å². The highest BCUT2D eigenvalue weighted by Gasteiger charge is 2.54. The summed E-state index contributed by atoms with van der Waals surface area (Å²) in [7, 11) is 0. The summed E-state index contributed by atoms with van der Waals surface area (Å²) in [6, 6.07) is 0.158. The lowest BCUT2D eigenvalue weighted by atomic mass is 9.74. The molecule has 2 heterocycles. The molecule has 0 aromatic carbocycles. The number of rotatable bonds is 2. The summed E-state index contributed by atoms with van der Waals surface area (Å²) in [5, 5.41) is 9.27. The highest BCUT2D eigenvalue weighted by molar-refractivity contribution is 5.85. The molecule has 2 aliphatic heterocycles. The number of nitrogens with zero attached hydrogens (tertiary/aromatic N) is 1. The van der Waals surface area contributed by atoms with Gasteiger partial charge in [0.25, 0.3) is 0 Å². The van der Waals surface area contributed by atoms with Crippen LogP contribution >= 0.6 is 0 Å². The van der Waals surface area contributed by atoms with Crippen molar-refractivity contribution in [2.24, 2.45) is 11.3 Å². The number of fused-ring (bicyclic) bond motifs is 2. The minimum atomic E-state index is -0.723. The molecule has 3 fully saturated rings. The second kappa shape index (κ2) is 4.50. The molecule has 1 saturated carbocycles. The van der Waals surface area contributed by atoms with Crippen LogP contribution < -0.4 is 0 Å². The second-order valence-corrected chi connectivity index (χ2v) is 6.81. The number of hydrogen-bond acceptors (Lipinski definition) is 2. The van der Waals surface area contributed by atoms with E-state index >= 15 is 0 Å². The topological polar surface area (TPSA) is 57.6 Å². The average Bonchev–Trinajstić information content (AvgIpc) is 2.96. The van der Waals surface area contributed by atoms with Gasteiger partial charge in [-0.05, 0) is 32.1 Å². The Morgan fingerprint density at radius 3 is 2.42 bits per heavy atom. The van der Waals surface area contributed by atoms with Crippen molar-refractivity contribution in [2.45, 2.75) is 70.4 Å². The monoisotopic (exact) mass is 265 g/mol. The van der Waals surface area contributed by atoms with Crippen LogP contribution in [0, 0.1) is 11.3 Å². The van der Waals surface area contributed by atoms with Crippen molar-refractivity contribution in [1.82, 2.24) is 4.90 Å². The summed E-state index contributed by atoms with van der Waals surface area (Å²) >= 11 is 0. The Kier molecular flexibility index (Phi) is 3.06. The van der Waals surface area contributed by atoms with Crippen LogP contribution in [0.4, 0.5) is 0 Å². The first-order chi connectivity index (χ1) is 9.03. The van der Waals surface area contributed by atoms with E-state index in [0.717, 1.165) is 38.5 Å². The minimum Gasteiger partial charge on any atom is -0.481 e. The van der Waals surface area contributed by atoms with Gasteiger partial charge >= 0.3 is 5.97 Å². The molecule has 0 aromatic heterocycles. The summed E-state index contributed by atoms with van der Waals surface area (Å²) in [5.74, 6) is -0.808. The van der Waals surface area contributed by atoms with Crippen molar-refractivity contribution < 1.29 is 14.7 Å². The van der Waals surface area contributed by atoms with Gasteiger partial charge in [-0.15, -0.1) is 0 Å². The maximum atomic E-state index is 12.9. The number of carbonyl (C=O) groups excluding carboxylic acids is 1. The van der Waals surface area contributed by atoms with E-state index in [-0.39, 0.29) is 29.3 Å². The number of aliphatic carboxylic acids is 1. The zero-order valence-corrected chi connectivity index (χ0v) is 11.6. The molecule has 0 radical (unpaired) electrons. The molecule has 0 spiro atoms. The first-order valence-electron chi connectivity index (χ1n) is 7.58. The quantitative estimate of drug-likeness (QED) is 0.834. The molecule has 3 rings (SSSR count). The molecular weight excluding hydrogens is 242 g/mol. The van der Waals surface area contributed by atoms with Crippen LogP contribution in [0.5, 0.6) is 0 Å². The van der Waals surface area contributed by atoms with E-state index in [1.54, 1.807) is 0 Å². The Morgan fingerprint density at radius 1 is 1.16 bits per heavy atom. The maximum absolute atomic E-state index is 12.9. The average molecular weight is 265 g/mol. The SMILES string of the molecule is CC1(C(=O)N2C3CCC2C(C(=O)O)C3)CCCCC1. The van der Waals surface area contributed by atoms with Crippen LogP contribution in [0.15, 0.2) is 0 Å². The van der Waals surface area contributed by atoms with Crippen LogP contribution in [0.3, 0.4) is 0 Å². The molecule has 0 aromatic rings. The summed E-state index contributed by atoms with van der Waals surface area (Å²) in [5.41, 5.74) is -0.230. The predicted molar refractivity (Wildman–Crippen MR) is 70.6 cm³/mol. The first kappa shape index (κ1) is 12.9. The Labute approximate surface area is 114 Å². The lowest BCUT2D eigenvalue weighted by molar-refractivity contribution is -0.146. The third-order valence-electron chi connectivity index (χ3n) is 5.56. The van der Waals surface area contributed by atoms with Crippen molar-refractivity contribution in [1.29, 1.82) is 0 Å². The Bertz CT molecular complexity index is 400. The van der Waals surface area contributed by atoms with Gasteiger partial charge in [-0.25, -0.2) is 0 Å². The molecule has 3 atom stereocenters. The number of carboxylic acid groups (broad SMARTS) is 1. The van der Waals surface area contributed by atoms with Crippen molar-refractivity contribution in [3.8, 4) is 0 Å². The molecular formula is C15H23NO3. The third kappa shape index (κ3) is 1.96. The van der Waals surface area contributed by atoms with Crippen molar-refractivity contribution in [3.05, 3.63) is 0 Å². The third-order valence-corrected chi connectivity index (χ3v) is 5.56. The van der Waals surface area contributed by atoms with Gasteiger partial charge in [-0.2, -0.15) is 0 Å². The fraction of sp³-hybridized carbons (Fsp3) is 0.867. The van der Waals surface area contributed by atoms with Crippen molar-refractivity contribution in [3.63, 3.8) is 0 Å². The van der Waals surface area contributed by atoms with E-state index in [9.17, 15) is 14.7 Å². The smallest absolute Gasteiger partial charge is 0.308 e. The fourth-order valence-electron chi connectivity index (χ4n) is 4.43.